The van der Waals surface area contributed by atoms with Crippen molar-refractivity contribution in [1.29, 1.82) is 0 Å². The fourth-order valence-corrected chi connectivity index (χ4v) is 1.61. The highest BCUT2D eigenvalue weighted by atomic mass is 16.6. The van der Waals surface area contributed by atoms with Crippen LogP contribution in [0.1, 0.15) is 27.7 Å². The zero-order valence-corrected chi connectivity index (χ0v) is 8.90. The van der Waals surface area contributed by atoms with E-state index in [4.69, 9.17) is 4.74 Å². The minimum Gasteiger partial charge on any atom is -0.715 e. The van der Waals surface area contributed by atoms with Gasteiger partial charge in [0.1, 0.15) is 5.54 Å². The summed E-state index contributed by atoms with van der Waals surface area (Å²) in [5.74, 6) is 0.222. The summed E-state index contributed by atoms with van der Waals surface area (Å²) < 4.78 is 5.80. The fourth-order valence-electron chi connectivity index (χ4n) is 1.61. The van der Waals surface area contributed by atoms with Gasteiger partial charge in [-0.3, -0.25) is 4.74 Å². The van der Waals surface area contributed by atoms with E-state index in [2.05, 4.69) is 0 Å². The SMILES string of the molecule is CC1(C)N([O])C(C2CO2)=[N+]([O-])C1(C)C. The van der Waals surface area contributed by atoms with Gasteiger partial charge in [-0.25, -0.2) is 0 Å². The van der Waals surface area contributed by atoms with E-state index < -0.39 is 11.1 Å². The van der Waals surface area contributed by atoms with E-state index in [0.717, 1.165) is 9.80 Å². The van der Waals surface area contributed by atoms with Crippen LogP contribution in [-0.4, -0.2) is 39.4 Å². The molecule has 2 rings (SSSR count). The minimum absolute atomic E-state index is 0.222. The Kier molecular flexibility index (Phi) is 1.67. The Balaban J connectivity index is 2.45. The molecule has 0 amide bonds. The molecule has 0 spiro atoms. The van der Waals surface area contributed by atoms with Crippen LogP contribution in [0, 0.1) is 5.21 Å². The zero-order valence-electron chi connectivity index (χ0n) is 8.90. The van der Waals surface area contributed by atoms with Gasteiger partial charge in [0.15, 0.2) is 11.6 Å². The first-order valence-corrected chi connectivity index (χ1v) is 4.73. The summed E-state index contributed by atoms with van der Waals surface area (Å²) in [4.78, 5) is 0. The standard InChI is InChI=1S/C9H15N2O3/c1-8(2)9(3,4)11(13)7(10(8)12)6-5-14-6/h6H,5H2,1-4H3. The van der Waals surface area contributed by atoms with Gasteiger partial charge in [0.2, 0.25) is 0 Å². The lowest BCUT2D eigenvalue weighted by molar-refractivity contribution is -0.541. The summed E-state index contributed by atoms with van der Waals surface area (Å²) in [5.41, 5.74) is -1.42. The van der Waals surface area contributed by atoms with Gasteiger partial charge in [-0.2, -0.15) is 0 Å². The first kappa shape index (κ1) is 9.73. The number of epoxide rings is 1. The fraction of sp³-hybridized carbons (Fsp3) is 0.889. The Hall–Kier alpha value is -0.810. The van der Waals surface area contributed by atoms with Crippen molar-refractivity contribution < 1.29 is 14.7 Å². The Bertz CT molecular complexity index is 305. The maximum atomic E-state index is 11.9. The van der Waals surface area contributed by atoms with Crippen LogP contribution >= 0.6 is 0 Å². The molecule has 0 N–H and O–H groups in total. The second-order valence-electron chi connectivity index (χ2n) is 4.89. The minimum atomic E-state index is -0.712. The zero-order chi connectivity index (χ0) is 10.7. The largest absolute Gasteiger partial charge is 0.715 e. The van der Waals surface area contributed by atoms with Crippen molar-refractivity contribution in [3.8, 4) is 0 Å². The van der Waals surface area contributed by atoms with Gasteiger partial charge in [0.05, 0.1) is 6.61 Å². The molecule has 0 bridgehead atoms. The van der Waals surface area contributed by atoms with Crippen molar-refractivity contribution in [1.82, 2.24) is 5.06 Å². The second kappa shape index (κ2) is 2.41. The van der Waals surface area contributed by atoms with Crippen LogP contribution in [0.5, 0.6) is 0 Å². The Labute approximate surface area is 83.1 Å². The van der Waals surface area contributed by atoms with E-state index in [9.17, 15) is 10.4 Å². The lowest BCUT2D eigenvalue weighted by atomic mass is 9.84. The number of amidine groups is 1. The summed E-state index contributed by atoms with van der Waals surface area (Å²) in [5, 5.41) is 24.6. The molecule has 1 atom stereocenters. The van der Waals surface area contributed by atoms with Gasteiger partial charge < -0.3 is 9.94 Å². The van der Waals surface area contributed by atoms with Gasteiger partial charge >= 0.3 is 5.84 Å². The van der Waals surface area contributed by atoms with Crippen molar-refractivity contribution in [3.63, 3.8) is 0 Å². The van der Waals surface area contributed by atoms with Crippen LogP contribution in [0.25, 0.3) is 0 Å². The molecule has 2 aliphatic rings. The molecule has 1 radical (unpaired) electrons. The average molecular weight is 199 g/mol. The molecule has 0 aliphatic carbocycles. The second-order valence-corrected chi connectivity index (χ2v) is 4.89. The van der Waals surface area contributed by atoms with Crippen LogP contribution in [-0.2, 0) is 9.94 Å². The molecule has 1 unspecified atom stereocenters. The summed E-state index contributed by atoms with van der Waals surface area (Å²) in [6.45, 7) is 7.60. The molecular formula is C9H15N2O3. The van der Waals surface area contributed by atoms with Crippen LogP contribution in [0.4, 0.5) is 0 Å². The molecular weight excluding hydrogens is 184 g/mol. The molecule has 1 fully saturated rings. The molecule has 0 aromatic heterocycles. The number of hydrogen-bond donors (Lipinski definition) is 0. The third-order valence-corrected chi connectivity index (χ3v) is 3.55. The Morgan fingerprint density at radius 3 is 2.29 bits per heavy atom. The van der Waals surface area contributed by atoms with Crippen molar-refractivity contribution in [2.45, 2.75) is 44.9 Å². The third kappa shape index (κ3) is 0.938. The number of ether oxygens (including phenoxy) is 1. The maximum absolute atomic E-state index is 11.9. The summed E-state index contributed by atoms with van der Waals surface area (Å²) in [6, 6.07) is 0. The van der Waals surface area contributed by atoms with Crippen LogP contribution in [0.15, 0.2) is 0 Å². The molecule has 0 saturated carbocycles. The highest BCUT2D eigenvalue weighted by molar-refractivity contribution is 5.85. The van der Waals surface area contributed by atoms with E-state index in [0.29, 0.717) is 6.61 Å². The summed E-state index contributed by atoms with van der Waals surface area (Å²) in [7, 11) is 0. The van der Waals surface area contributed by atoms with Crippen LogP contribution < -0.4 is 0 Å². The quantitative estimate of drug-likeness (QED) is 0.351. The Morgan fingerprint density at radius 2 is 2.00 bits per heavy atom. The van der Waals surface area contributed by atoms with Gasteiger partial charge in [0.25, 0.3) is 0 Å². The molecule has 0 aromatic rings. The van der Waals surface area contributed by atoms with Crippen LogP contribution in [0.3, 0.4) is 0 Å². The first-order valence-electron chi connectivity index (χ1n) is 4.73. The predicted octanol–water partition coefficient (Wildman–Crippen LogP) is 0.512. The highest BCUT2D eigenvalue weighted by Crippen LogP contribution is 2.38. The van der Waals surface area contributed by atoms with Crippen molar-refractivity contribution in [3.05, 3.63) is 5.21 Å². The van der Waals surface area contributed by atoms with Gasteiger partial charge in [-0.15, -0.1) is 0 Å². The normalized spacial score (nSPS) is 33.8. The molecule has 5 nitrogen and oxygen atoms in total. The monoisotopic (exact) mass is 199 g/mol. The molecule has 2 heterocycles. The van der Waals surface area contributed by atoms with Crippen molar-refractivity contribution in [2.75, 3.05) is 6.61 Å². The van der Waals surface area contributed by atoms with Crippen molar-refractivity contribution in [2.24, 2.45) is 0 Å². The number of hydroxylamine groups is 3. The number of rotatable bonds is 1. The van der Waals surface area contributed by atoms with Crippen LogP contribution in [0.2, 0.25) is 0 Å². The van der Waals surface area contributed by atoms with E-state index in [1.54, 1.807) is 27.7 Å². The number of hydrogen-bond acceptors (Lipinski definition) is 3. The number of nitrogens with zero attached hydrogens (tertiary/aromatic N) is 2. The molecule has 0 aromatic carbocycles. The molecule has 79 valence electrons. The average Bonchev–Trinajstić information content (AvgIpc) is 2.84. The van der Waals surface area contributed by atoms with E-state index in [-0.39, 0.29) is 11.9 Å². The Morgan fingerprint density at radius 1 is 1.50 bits per heavy atom. The molecule has 14 heavy (non-hydrogen) atoms. The third-order valence-electron chi connectivity index (χ3n) is 3.55. The smallest absolute Gasteiger partial charge is 0.316 e. The first-order chi connectivity index (χ1) is 6.30. The maximum Gasteiger partial charge on any atom is 0.316 e. The van der Waals surface area contributed by atoms with E-state index >= 15 is 0 Å². The predicted molar refractivity (Wildman–Crippen MR) is 49.1 cm³/mol. The molecule has 5 heteroatoms. The van der Waals surface area contributed by atoms with Gasteiger partial charge in [-0.1, -0.05) is 5.06 Å². The lowest BCUT2D eigenvalue weighted by Gasteiger charge is -2.32. The molecule has 1 saturated heterocycles. The van der Waals surface area contributed by atoms with Gasteiger partial charge in [0, 0.05) is 5.21 Å². The lowest BCUT2D eigenvalue weighted by Crippen LogP contribution is -2.53. The topological polar surface area (TPSA) is 61.7 Å². The highest BCUT2D eigenvalue weighted by Gasteiger charge is 2.63. The summed E-state index contributed by atoms with van der Waals surface area (Å²) in [6.07, 6.45) is -0.286. The molecule has 2 aliphatic heterocycles. The van der Waals surface area contributed by atoms with E-state index in [1.807, 2.05) is 0 Å². The van der Waals surface area contributed by atoms with Crippen molar-refractivity contribution >= 4 is 5.84 Å². The van der Waals surface area contributed by atoms with Gasteiger partial charge in [-0.05, 0) is 27.7 Å². The van der Waals surface area contributed by atoms with E-state index in [1.165, 1.54) is 0 Å². The summed E-state index contributed by atoms with van der Waals surface area (Å²) >= 11 is 0.